The molecule has 138 valence electrons. The summed E-state index contributed by atoms with van der Waals surface area (Å²) in [7, 11) is 0. The van der Waals surface area contributed by atoms with Gasteiger partial charge in [0, 0.05) is 27.0 Å². The maximum Gasteiger partial charge on any atom is 0.306 e. The molecule has 4 nitrogen and oxygen atoms in total. The van der Waals surface area contributed by atoms with Crippen molar-refractivity contribution >= 4 is 52.5 Å². The van der Waals surface area contributed by atoms with E-state index in [2.05, 4.69) is 5.32 Å². The number of benzene rings is 2. The number of thioether (sulfide) groups is 1. The molecule has 0 heterocycles. The maximum absolute atomic E-state index is 12.0. The maximum atomic E-state index is 12.0. The van der Waals surface area contributed by atoms with Gasteiger partial charge in [0.2, 0.25) is 0 Å². The van der Waals surface area contributed by atoms with Gasteiger partial charge in [-0.25, -0.2) is 0 Å². The van der Waals surface area contributed by atoms with Gasteiger partial charge in [0.1, 0.15) is 0 Å². The molecule has 1 amide bonds. The lowest BCUT2D eigenvalue weighted by Crippen LogP contribution is -2.29. The number of anilines is 1. The zero-order valence-electron chi connectivity index (χ0n) is 14.2. The summed E-state index contributed by atoms with van der Waals surface area (Å²) < 4.78 is 5.17. The number of rotatable bonds is 8. The molecule has 2 rings (SSSR count). The van der Waals surface area contributed by atoms with Crippen LogP contribution >= 0.6 is 35.0 Å². The average Bonchev–Trinajstić information content (AvgIpc) is 2.62. The second-order valence-electron chi connectivity index (χ2n) is 5.53. The highest BCUT2D eigenvalue weighted by atomic mass is 35.5. The highest BCUT2D eigenvalue weighted by molar-refractivity contribution is 7.99. The van der Waals surface area contributed by atoms with Crippen LogP contribution in [0.3, 0.4) is 0 Å². The van der Waals surface area contributed by atoms with Gasteiger partial charge in [0.25, 0.3) is 5.91 Å². The van der Waals surface area contributed by atoms with E-state index in [4.69, 9.17) is 27.9 Å². The number of amides is 1. The summed E-state index contributed by atoms with van der Waals surface area (Å²) in [5, 5.41) is 3.96. The van der Waals surface area contributed by atoms with Gasteiger partial charge in [-0.05, 0) is 67.6 Å². The van der Waals surface area contributed by atoms with Crippen LogP contribution in [0.1, 0.15) is 19.8 Å². The molecule has 0 unspecified atom stereocenters. The number of hydrogen-bond acceptors (Lipinski definition) is 4. The van der Waals surface area contributed by atoms with Crippen molar-refractivity contribution in [1.29, 1.82) is 0 Å². The van der Waals surface area contributed by atoms with Crippen LogP contribution in [0.4, 0.5) is 5.69 Å². The van der Waals surface area contributed by atoms with E-state index >= 15 is 0 Å². The number of ether oxygens (including phenoxy) is 1. The summed E-state index contributed by atoms with van der Waals surface area (Å²) in [5.74, 6) is 0.0129. The summed E-state index contributed by atoms with van der Waals surface area (Å²) in [6, 6.07) is 14.3. The minimum absolute atomic E-state index is 0.263. The zero-order valence-corrected chi connectivity index (χ0v) is 16.5. The largest absolute Gasteiger partial charge is 0.453 e. The van der Waals surface area contributed by atoms with Crippen LogP contribution in [-0.4, -0.2) is 23.7 Å². The molecule has 0 bridgehead atoms. The van der Waals surface area contributed by atoms with E-state index in [0.29, 0.717) is 22.2 Å². The van der Waals surface area contributed by atoms with Crippen molar-refractivity contribution in [2.24, 2.45) is 0 Å². The minimum atomic E-state index is -0.859. The zero-order chi connectivity index (χ0) is 18.9. The highest BCUT2D eigenvalue weighted by Crippen LogP contribution is 2.21. The SMILES string of the molecule is C[C@H](OC(=O)CCCSc1ccc(Cl)cc1)C(=O)Nc1ccc(Cl)cc1. The molecule has 7 heteroatoms. The molecule has 2 aromatic rings. The van der Waals surface area contributed by atoms with E-state index in [1.165, 1.54) is 0 Å². The number of nitrogens with one attached hydrogen (secondary N) is 1. The van der Waals surface area contributed by atoms with Gasteiger partial charge in [0.15, 0.2) is 6.10 Å². The predicted molar refractivity (Wildman–Crippen MR) is 107 cm³/mol. The number of esters is 1. The Bertz CT molecular complexity index is 735. The van der Waals surface area contributed by atoms with Crippen molar-refractivity contribution in [2.45, 2.75) is 30.8 Å². The van der Waals surface area contributed by atoms with E-state index in [-0.39, 0.29) is 18.3 Å². The second-order valence-corrected chi connectivity index (χ2v) is 7.58. The molecule has 0 saturated carbocycles. The minimum Gasteiger partial charge on any atom is -0.453 e. The van der Waals surface area contributed by atoms with Crippen LogP contribution in [0.2, 0.25) is 10.0 Å². The summed E-state index contributed by atoms with van der Waals surface area (Å²) in [6.45, 7) is 1.55. The van der Waals surface area contributed by atoms with Gasteiger partial charge in [-0.1, -0.05) is 23.2 Å². The summed E-state index contributed by atoms with van der Waals surface area (Å²) in [6.07, 6.45) is 0.0682. The third-order valence-corrected chi connectivity index (χ3v) is 5.00. The Morgan fingerprint density at radius 1 is 1.04 bits per heavy atom. The lowest BCUT2D eigenvalue weighted by Gasteiger charge is -2.13. The summed E-state index contributed by atoms with van der Waals surface area (Å²) in [4.78, 5) is 25.0. The number of halogens is 2. The normalized spacial score (nSPS) is 11.7. The van der Waals surface area contributed by atoms with Gasteiger partial charge in [-0.15, -0.1) is 11.8 Å². The molecule has 2 aromatic carbocycles. The summed E-state index contributed by atoms with van der Waals surface area (Å²) in [5.41, 5.74) is 0.599. The first kappa shape index (κ1) is 20.6. The predicted octanol–water partition coefficient (Wildman–Crippen LogP) is 5.44. The Labute approximate surface area is 167 Å². The fourth-order valence-corrected chi connectivity index (χ4v) is 3.13. The molecule has 1 atom stereocenters. The molecular weight excluding hydrogens is 393 g/mol. The molecule has 0 saturated heterocycles. The highest BCUT2D eigenvalue weighted by Gasteiger charge is 2.17. The van der Waals surface area contributed by atoms with Crippen molar-refractivity contribution in [3.05, 3.63) is 58.6 Å². The monoisotopic (exact) mass is 411 g/mol. The van der Waals surface area contributed by atoms with E-state index in [1.807, 2.05) is 24.3 Å². The molecule has 0 aromatic heterocycles. The van der Waals surface area contributed by atoms with E-state index in [0.717, 1.165) is 10.6 Å². The Kier molecular flexibility index (Phi) is 8.29. The van der Waals surface area contributed by atoms with Gasteiger partial charge in [-0.2, -0.15) is 0 Å². The fourth-order valence-electron chi connectivity index (χ4n) is 2.02. The number of hydrogen-bond donors (Lipinski definition) is 1. The molecule has 0 spiro atoms. The number of carbonyl (C=O) groups excluding carboxylic acids is 2. The van der Waals surface area contributed by atoms with Crippen LogP contribution in [0.15, 0.2) is 53.4 Å². The van der Waals surface area contributed by atoms with E-state index in [1.54, 1.807) is 43.0 Å². The smallest absolute Gasteiger partial charge is 0.306 e. The van der Waals surface area contributed by atoms with Gasteiger partial charge >= 0.3 is 5.97 Å². The Morgan fingerprint density at radius 2 is 1.62 bits per heavy atom. The Balaban J connectivity index is 1.66. The first-order chi connectivity index (χ1) is 12.4. The van der Waals surface area contributed by atoms with E-state index < -0.39 is 6.10 Å². The third kappa shape index (κ3) is 7.28. The number of carbonyl (C=O) groups is 2. The topological polar surface area (TPSA) is 55.4 Å². The van der Waals surface area contributed by atoms with Crippen molar-refractivity contribution in [3.8, 4) is 0 Å². The third-order valence-electron chi connectivity index (χ3n) is 3.40. The molecule has 26 heavy (non-hydrogen) atoms. The molecule has 0 aliphatic carbocycles. The quantitative estimate of drug-likeness (QED) is 0.357. The van der Waals surface area contributed by atoms with Crippen LogP contribution in [0.5, 0.6) is 0 Å². The van der Waals surface area contributed by atoms with Crippen LogP contribution in [0.25, 0.3) is 0 Å². The van der Waals surface area contributed by atoms with Crippen LogP contribution < -0.4 is 5.32 Å². The first-order valence-corrected chi connectivity index (χ1v) is 9.82. The standard InChI is InChI=1S/C19H19Cl2NO3S/c1-13(19(24)22-16-8-4-14(20)5-9-16)25-18(23)3-2-12-26-17-10-6-15(21)7-11-17/h4-11,13H,2-3,12H2,1H3,(H,22,24)/t13-/m0/s1. The average molecular weight is 412 g/mol. The van der Waals surface area contributed by atoms with Crippen molar-refractivity contribution in [2.75, 3.05) is 11.1 Å². The molecule has 0 radical (unpaired) electrons. The molecule has 0 aliphatic rings. The van der Waals surface area contributed by atoms with Crippen molar-refractivity contribution in [3.63, 3.8) is 0 Å². The van der Waals surface area contributed by atoms with Crippen LogP contribution in [-0.2, 0) is 14.3 Å². The molecule has 0 fully saturated rings. The lowest BCUT2D eigenvalue weighted by atomic mass is 10.3. The molecule has 0 aliphatic heterocycles. The Hall–Kier alpha value is -1.69. The van der Waals surface area contributed by atoms with Crippen molar-refractivity contribution < 1.29 is 14.3 Å². The van der Waals surface area contributed by atoms with Crippen LogP contribution in [0, 0.1) is 0 Å². The summed E-state index contributed by atoms with van der Waals surface area (Å²) >= 11 is 13.3. The lowest BCUT2D eigenvalue weighted by molar-refractivity contribution is -0.153. The van der Waals surface area contributed by atoms with E-state index in [9.17, 15) is 9.59 Å². The molecule has 1 N–H and O–H groups in total. The van der Waals surface area contributed by atoms with Crippen molar-refractivity contribution in [1.82, 2.24) is 0 Å². The Morgan fingerprint density at radius 3 is 2.23 bits per heavy atom. The fraction of sp³-hybridized carbons (Fsp3) is 0.263. The van der Waals surface area contributed by atoms with Gasteiger partial charge < -0.3 is 10.1 Å². The van der Waals surface area contributed by atoms with Gasteiger partial charge in [-0.3, -0.25) is 9.59 Å². The van der Waals surface area contributed by atoms with Gasteiger partial charge in [0.05, 0.1) is 0 Å². The first-order valence-electron chi connectivity index (χ1n) is 8.08. The second kappa shape index (κ2) is 10.5. The molecular formula is C19H19Cl2NO3S.